The van der Waals surface area contributed by atoms with Crippen molar-refractivity contribution in [3.8, 4) is 0 Å². The van der Waals surface area contributed by atoms with Gasteiger partial charge in [-0.3, -0.25) is 0 Å². The molecule has 0 saturated carbocycles. The number of fused-ring (bicyclic) bond motifs is 6. The van der Waals surface area contributed by atoms with Gasteiger partial charge in [0.1, 0.15) is 0 Å². The van der Waals surface area contributed by atoms with E-state index in [0.29, 0.717) is 0 Å². The molecule has 6 rings (SSSR count). The molecule has 0 saturated heterocycles. The Morgan fingerprint density at radius 2 is 0.917 bits per heavy atom. The van der Waals surface area contributed by atoms with E-state index in [0.717, 1.165) is 13.1 Å². The van der Waals surface area contributed by atoms with Crippen LogP contribution in [0, 0.1) is 0 Å². The van der Waals surface area contributed by atoms with Gasteiger partial charge in [0.05, 0.1) is 27.2 Å². The summed E-state index contributed by atoms with van der Waals surface area (Å²) in [6.45, 7) is 20.4. The minimum absolute atomic E-state index is 0.0558. The highest BCUT2D eigenvalue weighted by molar-refractivity contribution is 6.37. The lowest BCUT2D eigenvalue weighted by atomic mass is 9.80. The van der Waals surface area contributed by atoms with Gasteiger partial charge in [-0.1, -0.05) is 41.5 Å². The fourth-order valence-corrected chi connectivity index (χ4v) is 6.37. The lowest BCUT2D eigenvalue weighted by Gasteiger charge is -2.23. The Morgan fingerprint density at radius 1 is 0.583 bits per heavy atom. The highest BCUT2D eigenvalue weighted by atomic mass is 15.1. The summed E-state index contributed by atoms with van der Waals surface area (Å²) in [5.41, 5.74) is 8.28. The lowest BCUT2D eigenvalue weighted by Crippen LogP contribution is -2.26. The van der Waals surface area contributed by atoms with Gasteiger partial charge in [-0.2, -0.15) is 0 Å². The lowest BCUT2D eigenvalue weighted by molar-refractivity contribution is -0.645. The number of rotatable bonds is 2. The summed E-state index contributed by atoms with van der Waals surface area (Å²) in [5.74, 6) is 0. The molecule has 0 bridgehead atoms. The van der Waals surface area contributed by atoms with Crippen LogP contribution in [0.5, 0.6) is 0 Å². The summed E-state index contributed by atoms with van der Waals surface area (Å²) in [5, 5.41) is 8.31. The first kappa shape index (κ1) is 23.3. The molecule has 0 fully saturated rings. The van der Waals surface area contributed by atoms with E-state index in [1.807, 2.05) is 0 Å². The highest BCUT2D eigenvalue weighted by Crippen LogP contribution is 2.46. The first-order chi connectivity index (χ1) is 16.9. The number of benzene rings is 4. The largest absolute Gasteiger partial charge is 0.244 e. The second kappa shape index (κ2) is 7.21. The zero-order valence-corrected chi connectivity index (χ0v) is 23.7. The first-order valence-electron chi connectivity index (χ1n) is 13.4. The van der Waals surface area contributed by atoms with Gasteiger partial charge >= 0.3 is 0 Å². The first-order valence-corrected chi connectivity index (χ1v) is 13.4. The number of imidazole rings is 2. The molecule has 4 nitrogen and oxygen atoms in total. The third-order valence-corrected chi connectivity index (χ3v) is 8.31. The Morgan fingerprint density at radius 3 is 1.22 bits per heavy atom. The molecule has 0 aliphatic rings. The van der Waals surface area contributed by atoms with Crippen LogP contribution in [0.4, 0.5) is 0 Å². The van der Waals surface area contributed by atoms with Gasteiger partial charge in [0.25, 0.3) is 0 Å². The molecule has 6 aromatic rings. The van der Waals surface area contributed by atoms with Crippen molar-refractivity contribution in [3.63, 3.8) is 0 Å². The average Bonchev–Trinajstić information content (AvgIpc) is 3.33. The molecule has 0 atom stereocenters. The van der Waals surface area contributed by atoms with Crippen molar-refractivity contribution in [1.29, 1.82) is 0 Å². The Bertz CT molecular complexity index is 1690. The SMILES string of the molecule is CCn1c[n+](C)c2c3cc(C(C)(C)C)cc4c3c3c(cc(C(C)(C)C)cc3c3c4n(CC)c[n+]3C)c21. The van der Waals surface area contributed by atoms with Gasteiger partial charge < -0.3 is 0 Å². The molecule has 4 heteroatoms. The Labute approximate surface area is 214 Å². The molecule has 0 unspecified atom stereocenters. The molecular formula is C32H40N4+2. The fourth-order valence-electron chi connectivity index (χ4n) is 6.37. The Balaban J connectivity index is 2.07. The van der Waals surface area contributed by atoms with Crippen LogP contribution >= 0.6 is 0 Å². The van der Waals surface area contributed by atoms with Gasteiger partial charge in [0, 0.05) is 32.3 Å². The van der Waals surface area contributed by atoms with Gasteiger partial charge in [0.15, 0.2) is 22.1 Å². The summed E-state index contributed by atoms with van der Waals surface area (Å²) >= 11 is 0. The highest BCUT2D eigenvalue weighted by Gasteiger charge is 2.31. The van der Waals surface area contributed by atoms with Crippen molar-refractivity contribution in [2.75, 3.05) is 0 Å². The number of hydrogen-bond donors (Lipinski definition) is 0. The van der Waals surface area contributed by atoms with E-state index >= 15 is 0 Å². The van der Waals surface area contributed by atoms with E-state index in [2.05, 4.69) is 125 Å². The summed E-state index contributed by atoms with van der Waals surface area (Å²) < 4.78 is 9.58. The van der Waals surface area contributed by atoms with E-state index in [-0.39, 0.29) is 10.8 Å². The maximum atomic E-state index is 2.48. The summed E-state index contributed by atoms with van der Waals surface area (Å²) in [4.78, 5) is 0. The minimum atomic E-state index is 0.0558. The normalized spacial score (nSPS) is 13.5. The number of nitrogens with zero attached hydrogens (tertiary/aromatic N) is 4. The van der Waals surface area contributed by atoms with Gasteiger partial charge in [-0.25, -0.2) is 18.3 Å². The van der Waals surface area contributed by atoms with Crippen LogP contribution < -0.4 is 9.13 Å². The Hall–Kier alpha value is -3.14. The van der Waals surface area contributed by atoms with Gasteiger partial charge in [-0.05, 0) is 60.1 Å². The molecule has 2 aromatic heterocycles. The third-order valence-electron chi connectivity index (χ3n) is 8.31. The summed E-state index contributed by atoms with van der Waals surface area (Å²) in [6.07, 6.45) is 4.57. The van der Waals surface area contributed by atoms with E-state index in [1.165, 1.54) is 65.5 Å². The molecule has 0 amide bonds. The van der Waals surface area contributed by atoms with Crippen LogP contribution in [-0.2, 0) is 38.0 Å². The number of aryl methyl sites for hydroxylation is 4. The van der Waals surface area contributed by atoms with Crippen LogP contribution in [0.25, 0.3) is 54.4 Å². The second-order valence-corrected chi connectivity index (χ2v) is 12.8. The predicted molar refractivity (Wildman–Crippen MR) is 152 cm³/mol. The minimum Gasteiger partial charge on any atom is -0.232 e. The third kappa shape index (κ3) is 2.93. The van der Waals surface area contributed by atoms with E-state index in [4.69, 9.17) is 0 Å². The molecule has 0 spiro atoms. The summed E-state index contributed by atoms with van der Waals surface area (Å²) in [7, 11) is 4.42. The quantitative estimate of drug-likeness (QED) is 0.192. The molecule has 2 heterocycles. The molecule has 36 heavy (non-hydrogen) atoms. The van der Waals surface area contributed by atoms with Crippen LogP contribution in [0.3, 0.4) is 0 Å². The Kier molecular flexibility index (Phi) is 4.66. The van der Waals surface area contributed by atoms with Crippen molar-refractivity contribution in [2.45, 2.75) is 79.3 Å². The van der Waals surface area contributed by atoms with E-state index < -0.39 is 0 Å². The van der Waals surface area contributed by atoms with Crippen LogP contribution in [-0.4, -0.2) is 9.13 Å². The number of aromatic nitrogens is 4. The molecule has 0 radical (unpaired) electrons. The van der Waals surface area contributed by atoms with Crippen molar-refractivity contribution >= 4 is 54.4 Å². The molecular weight excluding hydrogens is 440 g/mol. The van der Waals surface area contributed by atoms with Gasteiger partial charge in [-0.15, -0.1) is 0 Å². The topological polar surface area (TPSA) is 17.6 Å². The maximum Gasteiger partial charge on any atom is 0.244 e. The molecule has 0 aliphatic carbocycles. The molecule has 0 aliphatic heterocycles. The number of hydrogen-bond acceptors (Lipinski definition) is 0. The molecule has 0 N–H and O–H groups in total. The maximum absolute atomic E-state index is 2.48. The van der Waals surface area contributed by atoms with Crippen LogP contribution in [0.2, 0.25) is 0 Å². The van der Waals surface area contributed by atoms with Crippen molar-refractivity contribution in [2.24, 2.45) is 14.1 Å². The monoisotopic (exact) mass is 480 g/mol. The van der Waals surface area contributed by atoms with Crippen molar-refractivity contribution < 1.29 is 9.13 Å². The van der Waals surface area contributed by atoms with E-state index in [9.17, 15) is 0 Å². The van der Waals surface area contributed by atoms with Crippen molar-refractivity contribution in [3.05, 3.63) is 48.0 Å². The second-order valence-electron chi connectivity index (χ2n) is 12.8. The standard InChI is InChI=1S/C32H40N4/c1-11-35-17-33(9)27-21-13-20(32(6,7)8)16-24-26(21)25-22(28-30(24)36(12-2)18-34(28)10)14-19(31(3,4)5)15-23(25)29(27)35/h13-18H,11-12H2,1-10H3/q+2. The van der Waals surface area contributed by atoms with Crippen LogP contribution in [0.15, 0.2) is 36.9 Å². The zero-order chi connectivity index (χ0) is 25.9. The molecule has 4 aromatic carbocycles. The smallest absolute Gasteiger partial charge is 0.232 e. The average molecular weight is 481 g/mol. The fraction of sp³-hybridized carbons (Fsp3) is 0.438. The molecule has 186 valence electrons. The predicted octanol–water partition coefficient (Wildman–Crippen LogP) is 6.78. The van der Waals surface area contributed by atoms with E-state index in [1.54, 1.807) is 0 Å². The van der Waals surface area contributed by atoms with Crippen LogP contribution in [0.1, 0.15) is 66.5 Å². The summed E-state index contributed by atoms with van der Waals surface area (Å²) in [6, 6.07) is 9.92. The zero-order valence-electron chi connectivity index (χ0n) is 23.7. The van der Waals surface area contributed by atoms with Gasteiger partial charge in [0.2, 0.25) is 12.7 Å². The van der Waals surface area contributed by atoms with Crippen molar-refractivity contribution in [1.82, 2.24) is 9.13 Å².